The van der Waals surface area contributed by atoms with Gasteiger partial charge in [0.25, 0.3) is 0 Å². The number of phenolic OH excluding ortho intramolecular Hbond substituents is 1. The minimum Gasteiger partial charge on any atom is -0.502 e. The number of aliphatic hydroxyl groups excluding tert-OH is 1. The van der Waals surface area contributed by atoms with E-state index in [2.05, 4.69) is 5.32 Å². The van der Waals surface area contributed by atoms with E-state index < -0.39 is 21.9 Å². The number of halogens is 1. The molecule has 1 rings (SSSR count). The summed E-state index contributed by atoms with van der Waals surface area (Å²) < 4.78 is 0. The van der Waals surface area contributed by atoms with E-state index in [0.29, 0.717) is 5.56 Å². The van der Waals surface area contributed by atoms with Gasteiger partial charge < -0.3 is 15.5 Å². The van der Waals surface area contributed by atoms with Gasteiger partial charge >= 0.3 is 5.69 Å². The second-order valence-electron chi connectivity index (χ2n) is 5.01. The van der Waals surface area contributed by atoms with E-state index in [4.69, 9.17) is 11.6 Å². The van der Waals surface area contributed by atoms with Crippen molar-refractivity contribution in [2.75, 3.05) is 6.61 Å². The molecular weight excluding hydrogens is 284 g/mol. The highest BCUT2D eigenvalue weighted by Crippen LogP contribution is 2.33. The molecule has 0 aliphatic heterocycles. The van der Waals surface area contributed by atoms with Crippen molar-refractivity contribution in [3.8, 4) is 5.75 Å². The highest BCUT2D eigenvalue weighted by Gasteiger charge is 2.24. The third-order valence-electron chi connectivity index (χ3n) is 3.19. The summed E-state index contributed by atoms with van der Waals surface area (Å²) in [5.41, 5.74) is -0.589. The number of hydrogen-bond acceptors (Lipinski definition) is 5. The minimum atomic E-state index is -0.679. The smallest absolute Gasteiger partial charge is 0.312 e. The van der Waals surface area contributed by atoms with Crippen LogP contribution in [0.2, 0.25) is 5.02 Å². The number of aliphatic hydroxyl groups is 1. The summed E-state index contributed by atoms with van der Waals surface area (Å²) in [5.74, 6) is -0.399. The fraction of sp³-hybridized carbons (Fsp3) is 0.538. The zero-order valence-electron chi connectivity index (χ0n) is 11.5. The molecule has 7 heteroatoms. The molecule has 1 aromatic rings. The third-order valence-corrected chi connectivity index (χ3v) is 3.40. The molecule has 3 N–H and O–H groups in total. The van der Waals surface area contributed by atoms with Gasteiger partial charge in [0.15, 0.2) is 5.75 Å². The van der Waals surface area contributed by atoms with Crippen molar-refractivity contribution in [2.24, 2.45) is 0 Å². The van der Waals surface area contributed by atoms with Gasteiger partial charge in [0.05, 0.1) is 11.5 Å². The van der Waals surface area contributed by atoms with Crippen LogP contribution < -0.4 is 5.32 Å². The van der Waals surface area contributed by atoms with Crippen LogP contribution in [0.25, 0.3) is 0 Å². The number of aromatic hydroxyl groups is 1. The summed E-state index contributed by atoms with van der Waals surface area (Å²) in [6, 6.07) is 2.58. The zero-order chi connectivity index (χ0) is 15.3. The Morgan fingerprint density at radius 1 is 1.50 bits per heavy atom. The lowest BCUT2D eigenvalue weighted by Crippen LogP contribution is -2.45. The molecule has 0 amide bonds. The number of hydrogen-bond donors (Lipinski definition) is 3. The average Bonchev–Trinajstić information content (AvgIpc) is 2.39. The normalized spacial score (nSPS) is 14.0. The molecular formula is C13H19ClN2O4. The molecule has 0 heterocycles. The Hall–Kier alpha value is -1.37. The molecule has 1 atom stereocenters. The number of phenols is 1. The highest BCUT2D eigenvalue weighted by molar-refractivity contribution is 6.31. The summed E-state index contributed by atoms with van der Waals surface area (Å²) in [4.78, 5) is 10.1. The Labute approximate surface area is 122 Å². The van der Waals surface area contributed by atoms with Crippen molar-refractivity contribution in [1.29, 1.82) is 0 Å². The molecule has 0 saturated carbocycles. The van der Waals surface area contributed by atoms with Crippen molar-refractivity contribution in [2.45, 2.75) is 38.8 Å². The van der Waals surface area contributed by atoms with Crippen molar-refractivity contribution < 1.29 is 15.1 Å². The number of nitrogens with zero attached hydrogens (tertiary/aromatic N) is 1. The lowest BCUT2D eigenvalue weighted by atomic mass is 9.97. The van der Waals surface area contributed by atoms with Gasteiger partial charge in [-0.25, -0.2) is 0 Å². The van der Waals surface area contributed by atoms with Crippen molar-refractivity contribution in [3.63, 3.8) is 0 Å². The monoisotopic (exact) mass is 302 g/mol. The van der Waals surface area contributed by atoms with Crippen LogP contribution in [-0.4, -0.2) is 27.3 Å². The Morgan fingerprint density at radius 2 is 2.15 bits per heavy atom. The molecule has 1 aromatic carbocycles. The molecule has 112 valence electrons. The molecule has 0 radical (unpaired) electrons. The molecule has 0 fully saturated rings. The Bertz CT molecular complexity index is 496. The quantitative estimate of drug-likeness (QED) is 0.531. The van der Waals surface area contributed by atoms with Gasteiger partial charge in [-0.15, -0.1) is 0 Å². The van der Waals surface area contributed by atoms with Gasteiger partial charge in [-0.05, 0) is 19.4 Å². The predicted molar refractivity (Wildman–Crippen MR) is 77.0 cm³/mol. The van der Waals surface area contributed by atoms with Crippen LogP contribution in [0.4, 0.5) is 5.69 Å². The summed E-state index contributed by atoms with van der Waals surface area (Å²) >= 11 is 5.82. The van der Waals surface area contributed by atoms with Crippen LogP contribution in [0.15, 0.2) is 12.1 Å². The second-order valence-corrected chi connectivity index (χ2v) is 5.45. The molecule has 0 aliphatic carbocycles. The second kappa shape index (κ2) is 6.88. The number of nitro benzene ring substituents is 1. The maximum absolute atomic E-state index is 10.8. The van der Waals surface area contributed by atoms with Gasteiger partial charge in [0.1, 0.15) is 0 Å². The molecule has 6 nitrogen and oxygen atoms in total. The van der Waals surface area contributed by atoms with Gasteiger partial charge in [-0.3, -0.25) is 10.1 Å². The molecule has 20 heavy (non-hydrogen) atoms. The Balaban J connectivity index is 2.95. The van der Waals surface area contributed by atoms with Crippen LogP contribution in [0.5, 0.6) is 5.75 Å². The first kappa shape index (κ1) is 16.7. The zero-order valence-corrected chi connectivity index (χ0v) is 12.3. The van der Waals surface area contributed by atoms with Crippen molar-refractivity contribution in [3.05, 3.63) is 32.8 Å². The van der Waals surface area contributed by atoms with E-state index in [-0.39, 0.29) is 18.2 Å². The molecule has 0 saturated heterocycles. The van der Waals surface area contributed by atoms with E-state index in [1.807, 2.05) is 13.8 Å². The van der Waals surface area contributed by atoms with E-state index >= 15 is 0 Å². The summed E-state index contributed by atoms with van der Waals surface area (Å²) in [6.45, 7) is 3.97. The average molecular weight is 303 g/mol. The van der Waals surface area contributed by atoms with Gasteiger partial charge in [0.2, 0.25) is 0 Å². The van der Waals surface area contributed by atoms with E-state index in [9.17, 15) is 20.3 Å². The number of nitrogens with one attached hydrogen (secondary N) is 1. The summed E-state index contributed by atoms with van der Waals surface area (Å²) in [5, 5.41) is 33.4. The molecule has 1 unspecified atom stereocenters. The number of nitro groups is 1. The molecule has 0 spiro atoms. The first-order valence-corrected chi connectivity index (χ1v) is 6.72. The first-order valence-electron chi connectivity index (χ1n) is 6.34. The van der Waals surface area contributed by atoms with E-state index in [1.54, 1.807) is 0 Å². The molecule has 0 bridgehead atoms. The minimum absolute atomic E-state index is 0.0652. The summed E-state index contributed by atoms with van der Waals surface area (Å²) in [7, 11) is 0. The fourth-order valence-corrected chi connectivity index (χ4v) is 2.23. The van der Waals surface area contributed by atoms with Crippen molar-refractivity contribution in [1.82, 2.24) is 5.32 Å². The van der Waals surface area contributed by atoms with E-state index in [0.717, 1.165) is 18.9 Å². The molecule has 0 aromatic heterocycles. The highest BCUT2D eigenvalue weighted by atomic mass is 35.5. The Morgan fingerprint density at radius 3 is 2.65 bits per heavy atom. The lowest BCUT2D eigenvalue weighted by Gasteiger charge is -2.28. The largest absolute Gasteiger partial charge is 0.502 e. The summed E-state index contributed by atoms with van der Waals surface area (Å²) in [6.07, 6.45) is 1.62. The maximum atomic E-state index is 10.8. The van der Waals surface area contributed by atoms with Crippen LogP contribution in [0, 0.1) is 10.1 Å². The van der Waals surface area contributed by atoms with Gasteiger partial charge in [-0.1, -0.05) is 24.9 Å². The Kier molecular flexibility index (Phi) is 5.74. The predicted octanol–water partition coefficient (Wildman–Crippen LogP) is 2.59. The first-order chi connectivity index (χ1) is 9.33. The fourth-order valence-electron chi connectivity index (χ4n) is 2.00. The molecule has 0 aliphatic rings. The van der Waals surface area contributed by atoms with Gasteiger partial charge in [0, 0.05) is 28.7 Å². The standard InChI is InChI=1S/C13H19ClN2O4/c1-3-4-13(2,8-17)15-7-9-5-10(14)6-11(12(9)18)16(19)20/h5-6,15,17-18H,3-4,7-8H2,1-2H3. The van der Waals surface area contributed by atoms with Crippen LogP contribution in [-0.2, 0) is 6.54 Å². The number of benzene rings is 1. The topological polar surface area (TPSA) is 95.6 Å². The third kappa shape index (κ3) is 4.06. The number of rotatable bonds is 7. The van der Waals surface area contributed by atoms with Crippen molar-refractivity contribution >= 4 is 17.3 Å². The van der Waals surface area contributed by atoms with Crippen LogP contribution >= 0.6 is 11.6 Å². The lowest BCUT2D eigenvalue weighted by molar-refractivity contribution is -0.385. The van der Waals surface area contributed by atoms with Crippen LogP contribution in [0.3, 0.4) is 0 Å². The van der Waals surface area contributed by atoms with E-state index in [1.165, 1.54) is 6.07 Å². The van der Waals surface area contributed by atoms with Crippen LogP contribution in [0.1, 0.15) is 32.3 Å². The maximum Gasteiger partial charge on any atom is 0.312 e. The van der Waals surface area contributed by atoms with Gasteiger partial charge in [-0.2, -0.15) is 0 Å². The SMILES string of the molecule is CCCC(C)(CO)NCc1cc(Cl)cc([N+](=O)[O-])c1O.